The molecule has 2 atom stereocenters. The van der Waals surface area contributed by atoms with Gasteiger partial charge in [-0.1, -0.05) is 0 Å². The first kappa shape index (κ1) is 18.4. The Hall–Kier alpha value is -1.64. The summed E-state index contributed by atoms with van der Waals surface area (Å²) in [7, 11) is -0.474. The molecule has 0 aromatic heterocycles. The first-order valence-electron chi connectivity index (χ1n) is 6.18. The molecule has 1 N–H and O–H groups in total. The van der Waals surface area contributed by atoms with Gasteiger partial charge in [0, 0.05) is 16.4 Å². The van der Waals surface area contributed by atoms with E-state index in [4.69, 9.17) is 4.74 Å². The molecule has 1 amide bonds. The second kappa shape index (κ2) is 7.57. The molecule has 1 aromatic carbocycles. The zero-order chi connectivity index (χ0) is 16.9. The summed E-state index contributed by atoms with van der Waals surface area (Å²) in [6.45, 7) is -0.246. The van der Waals surface area contributed by atoms with Crippen LogP contribution in [0.2, 0.25) is 0 Å². The number of alkyl halides is 3. The average Bonchev–Trinajstić information content (AvgIpc) is 2.43. The van der Waals surface area contributed by atoms with Crippen LogP contribution < -0.4 is 10.1 Å². The molecule has 1 aromatic rings. The number of methoxy groups -OCH3 is 1. The molecule has 0 radical (unpaired) electrons. The lowest BCUT2D eigenvalue weighted by Gasteiger charge is -2.14. The lowest BCUT2D eigenvalue weighted by molar-refractivity contribution is -0.137. The smallest absolute Gasteiger partial charge is 0.405 e. The fourth-order valence-electron chi connectivity index (χ4n) is 1.59. The van der Waals surface area contributed by atoms with Crippen LogP contribution in [0.4, 0.5) is 17.6 Å². The summed E-state index contributed by atoms with van der Waals surface area (Å²) >= 11 is 0. The number of benzene rings is 1. The highest BCUT2D eigenvalue weighted by Crippen LogP contribution is 2.22. The lowest BCUT2D eigenvalue weighted by Crippen LogP contribution is -2.40. The molecule has 0 saturated carbocycles. The molecule has 0 aliphatic carbocycles. The Morgan fingerprint density at radius 3 is 2.59 bits per heavy atom. The standard InChI is InChI=1S/C13H15F4NO3S/c1-8(12(19)18-7-13(15,16)17)22(20)6-9-5-10(14)3-4-11(9)21-2/h3-5,8H,6-7H2,1-2H3,(H,18,19). The van der Waals surface area contributed by atoms with Crippen molar-refractivity contribution >= 4 is 16.7 Å². The highest BCUT2D eigenvalue weighted by molar-refractivity contribution is 7.85. The predicted molar refractivity (Wildman–Crippen MR) is 73.3 cm³/mol. The van der Waals surface area contributed by atoms with E-state index in [0.29, 0.717) is 0 Å². The molecule has 124 valence electrons. The highest BCUT2D eigenvalue weighted by Gasteiger charge is 2.30. The van der Waals surface area contributed by atoms with Gasteiger partial charge in [-0.15, -0.1) is 0 Å². The van der Waals surface area contributed by atoms with Gasteiger partial charge in [0.2, 0.25) is 5.91 Å². The van der Waals surface area contributed by atoms with Gasteiger partial charge >= 0.3 is 6.18 Å². The zero-order valence-electron chi connectivity index (χ0n) is 11.9. The van der Waals surface area contributed by atoms with Crippen LogP contribution in [0.15, 0.2) is 18.2 Å². The Bertz CT molecular complexity index is 563. The first-order valence-corrected chi connectivity index (χ1v) is 7.56. The van der Waals surface area contributed by atoms with E-state index in [2.05, 4.69) is 0 Å². The van der Waals surface area contributed by atoms with E-state index in [9.17, 15) is 26.6 Å². The Balaban J connectivity index is 2.72. The van der Waals surface area contributed by atoms with E-state index in [1.807, 2.05) is 0 Å². The van der Waals surface area contributed by atoms with Gasteiger partial charge in [0.05, 0.1) is 12.9 Å². The SMILES string of the molecule is COc1ccc(F)cc1CS(=O)C(C)C(=O)NCC(F)(F)F. The third-order valence-electron chi connectivity index (χ3n) is 2.77. The molecular formula is C13H15F4NO3S. The van der Waals surface area contributed by atoms with Crippen LogP contribution in [-0.2, 0) is 21.3 Å². The van der Waals surface area contributed by atoms with Crippen molar-refractivity contribution in [2.75, 3.05) is 13.7 Å². The molecule has 0 spiro atoms. The minimum absolute atomic E-state index is 0.207. The number of carbonyl (C=O) groups excluding carboxylic acids is 1. The van der Waals surface area contributed by atoms with E-state index in [1.165, 1.54) is 20.1 Å². The lowest BCUT2D eigenvalue weighted by atomic mass is 10.2. The summed E-state index contributed by atoms with van der Waals surface area (Å²) in [4.78, 5) is 11.5. The molecule has 0 aliphatic heterocycles. The second-order valence-electron chi connectivity index (χ2n) is 4.46. The van der Waals surface area contributed by atoms with Crippen molar-refractivity contribution in [2.45, 2.75) is 24.1 Å². The molecule has 0 saturated heterocycles. The summed E-state index contributed by atoms with van der Waals surface area (Å²) in [6, 6.07) is 3.61. The average molecular weight is 341 g/mol. The van der Waals surface area contributed by atoms with Crippen molar-refractivity contribution in [3.63, 3.8) is 0 Å². The third kappa shape index (κ3) is 5.63. The number of amides is 1. The molecule has 22 heavy (non-hydrogen) atoms. The number of hydrogen-bond acceptors (Lipinski definition) is 3. The minimum Gasteiger partial charge on any atom is -0.496 e. The topological polar surface area (TPSA) is 55.4 Å². The van der Waals surface area contributed by atoms with Crippen molar-refractivity contribution in [1.29, 1.82) is 0 Å². The van der Waals surface area contributed by atoms with Gasteiger partial charge in [-0.2, -0.15) is 13.2 Å². The maximum atomic E-state index is 13.2. The molecule has 9 heteroatoms. The fourth-order valence-corrected chi connectivity index (χ4v) is 2.69. The molecule has 1 rings (SSSR count). The van der Waals surface area contributed by atoms with Gasteiger partial charge in [0.15, 0.2) is 0 Å². The number of rotatable bonds is 6. The Kier molecular flexibility index (Phi) is 6.34. The summed E-state index contributed by atoms with van der Waals surface area (Å²) in [5.41, 5.74) is 0.274. The zero-order valence-corrected chi connectivity index (χ0v) is 12.7. The van der Waals surface area contributed by atoms with Crippen molar-refractivity contribution in [2.24, 2.45) is 0 Å². The van der Waals surface area contributed by atoms with Gasteiger partial charge in [-0.05, 0) is 25.1 Å². The van der Waals surface area contributed by atoms with E-state index < -0.39 is 40.5 Å². The van der Waals surface area contributed by atoms with Gasteiger partial charge in [-0.3, -0.25) is 9.00 Å². The summed E-state index contributed by atoms with van der Waals surface area (Å²) in [5, 5.41) is 0.496. The van der Waals surface area contributed by atoms with Gasteiger partial charge in [-0.25, -0.2) is 4.39 Å². The van der Waals surface area contributed by atoms with Crippen molar-refractivity contribution in [1.82, 2.24) is 5.32 Å². The van der Waals surface area contributed by atoms with Crippen LogP contribution in [0.1, 0.15) is 12.5 Å². The number of ether oxygens (including phenoxy) is 1. The highest BCUT2D eigenvalue weighted by atomic mass is 32.2. The van der Waals surface area contributed by atoms with Crippen molar-refractivity contribution in [3.05, 3.63) is 29.6 Å². The van der Waals surface area contributed by atoms with Crippen LogP contribution in [0.5, 0.6) is 5.75 Å². The second-order valence-corrected chi connectivity index (χ2v) is 6.21. The van der Waals surface area contributed by atoms with Crippen LogP contribution in [-0.4, -0.2) is 35.2 Å². The molecular weight excluding hydrogens is 326 g/mol. The number of hydrogen-bond donors (Lipinski definition) is 1. The maximum Gasteiger partial charge on any atom is 0.405 e. The largest absolute Gasteiger partial charge is 0.496 e. The number of carbonyl (C=O) groups is 1. The van der Waals surface area contributed by atoms with E-state index in [1.54, 1.807) is 5.32 Å². The van der Waals surface area contributed by atoms with Crippen LogP contribution in [0, 0.1) is 5.82 Å². The van der Waals surface area contributed by atoms with Crippen LogP contribution in [0.3, 0.4) is 0 Å². The Morgan fingerprint density at radius 1 is 1.41 bits per heavy atom. The number of nitrogens with one attached hydrogen (secondary N) is 1. The molecule has 0 aliphatic rings. The normalized spacial score (nSPS) is 14.3. The quantitative estimate of drug-likeness (QED) is 0.807. The monoisotopic (exact) mass is 341 g/mol. The summed E-state index contributed by atoms with van der Waals surface area (Å²) in [6.07, 6.45) is -4.54. The van der Waals surface area contributed by atoms with Gasteiger partial charge in [0.1, 0.15) is 23.4 Å². The fraction of sp³-hybridized carbons (Fsp3) is 0.462. The molecule has 2 unspecified atom stereocenters. The van der Waals surface area contributed by atoms with Crippen LogP contribution in [0.25, 0.3) is 0 Å². The van der Waals surface area contributed by atoms with Gasteiger partial charge in [0.25, 0.3) is 0 Å². The van der Waals surface area contributed by atoms with Crippen LogP contribution >= 0.6 is 0 Å². The molecule has 4 nitrogen and oxygen atoms in total. The minimum atomic E-state index is -4.54. The van der Waals surface area contributed by atoms with E-state index >= 15 is 0 Å². The molecule has 0 heterocycles. The van der Waals surface area contributed by atoms with E-state index in [0.717, 1.165) is 12.1 Å². The Morgan fingerprint density at radius 2 is 2.05 bits per heavy atom. The molecule has 0 bridgehead atoms. The summed E-state index contributed by atoms with van der Waals surface area (Å²) < 4.78 is 66.3. The van der Waals surface area contributed by atoms with Crippen molar-refractivity contribution < 1.29 is 31.3 Å². The maximum absolute atomic E-state index is 13.2. The third-order valence-corrected chi connectivity index (χ3v) is 4.37. The van der Waals surface area contributed by atoms with E-state index in [-0.39, 0.29) is 17.1 Å². The van der Waals surface area contributed by atoms with Gasteiger partial charge < -0.3 is 10.1 Å². The predicted octanol–water partition coefficient (Wildman–Crippen LogP) is 2.15. The summed E-state index contributed by atoms with van der Waals surface area (Å²) in [5.74, 6) is -1.47. The first-order chi connectivity index (χ1) is 10.1. The molecule has 0 fully saturated rings. The van der Waals surface area contributed by atoms with Crippen molar-refractivity contribution in [3.8, 4) is 5.75 Å². The number of halogens is 4. The Labute approximate surface area is 127 Å².